The van der Waals surface area contributed by atoms with Gasteiger partial charge in [-0.2, -0.15) is 0 Å². The summed E-state index contributed by atoms with van der Waals surface area (Å²) >= 11 is 6.36. The highest BCUT2D eigenvalue weighted by Crippen LogP contribution is 2.31. The van der Waals surface area contributed by atoms with E-state index in [2.05, 4.69) is 36.9 Å². The summed E-state index contributed by atoms with van der Waals surface area (Å²) in [6.07, 6.45) is 3.25. The number of rotatable bonds is 6. The van der Waals surface area contributed by atoms with E-state index in [1.54, 1.807) is 6.92 Å². The maximum absolute atomic E-state index is 14.1. The molecule has 0 aliphatic heterocycles. The van der Waals surface area contributed by atoms with Crippen LogP contribution in [0.1, 0.15) is 35.7 Å². The van der Waals surface area contributed by atoms with Crippen molar-refractivity contribution in [1.82, 2.24) is 0 Å². The minimum Gasteiger partial charge on any atom is -0.465 e. The Hall–Kier alpha value is -1.08. The molecule has 4 nitrogen and oxygen atoms in total. The molecule has 1 fully saturated rings. The summed E-state index contributed by atoms with van der Waals surface area (Å²) in [5.74, 6) is -2.88. The van der Waals surface area contributed by atoms with Crippen LogP contribution in [0.2, 0.25) is 0 Å². The molecule has 1 aliphatic rings. The van der Waals surface area contributed by atoms with Crippen molar-refractivity contribution in [2.24, 2.45) is 10.9 Å². The second-order valence-corrected chi connectivity index (χ2v) is 6.99. The molecule has 0 aromatic heterocycles. The number of hydrogen-bond acceptors (Lipinski definition) is 4. The number of Topliss-reactive ketones (excluding diaryl/α,β-unsaturated/α-hetero) is 1. The van der Waals surface area contributed by atoms with Crippen molar-refractivity contribution in [3.8, 4) is 0 Å². The standard InChI is InChI=1S/C16H16Br2FNO3/c1-3-23-16(22)10(7-20-9-4-5-9)15(21)13-8(2)14(19)12(18)6-11(13)17/h6-7,9-10H,3-5H2,1-2H3. The molecule has 0 saturated heterocycles. The molecule has 1 atom stereocenters. The number of aliphatic imine (C=N–C) groups is 1. The Balaban J connectivity index is 2.40. The lowest BCUT2D eigenvalue weighted by Gasteiger charge is -2.14. The lowest BCUT2D eigenvalue weighted by molar-refractivity contribution is -0.143. The van der Waals surface area contributed by atoms with Crippen LogP contribution in [-0.2, 0) is 9.53 Å². The zero-order valence-electron chi connectivity index (χ0n) is 12.7. The van der Waals surface area contributed by atoms with Crippen LogP contribution in [0.15, 0.2) is 20.0 Å². The van der Waals surface area contributed by atoms with Gasteiger partial charge < -0.3 is 4.74 Å². The predicted molar refractivity (Wildman–Crippen MR) is 92.5 cm³/mol. The zero-order chi connectivity index (χ0) is 17.1. The first kappa shape index (κ1) is 18.3. The smallest absolute Gasteiger partial charge is 0.322 e. The molecule has 1 aromatic carbocycles. The maximum Gasteiger partial charge on any atom is 0.322 e. The number of nitrogens with zero attached hydrogens (tertiary/aromatic N) is 1. The van der Waals surface area contributed by atoms with Gasteiger partial charge in [-0.3, -0.25) is 14.6 Å². The molecule has 0 N–H and O–H groups in total. The van der Waals surface area contributed by atoms with E-state index in [4.69, 9.17) is 4.74 Å². The summed E-state index contributed by atoms with van der Waals surface area (Å²) in [4.78, 5) is 29.1. The highest BCUT2D eigenvalue weighted by Gasteiger charge is 2.32. The number of hydrogen-bond donors (Lipinski definition) is 0. The Morgan fingerprint density at radius 3 is 2.65 bits per heavy atom. The van der Waals surface area contributed by atoms with E-state index >= 15 is 0 Å². The van der Waals surface area contributed by atoms with Gasteiger partial charge in [-0.1, -0.05) is 0 Å². The molecule has 7 heteroatoms. The van der Waals surface area contributed by atoms with Gasteiger partial charge in [0.05, 0.1) is 11.1 Å². The van der Waals surface area contributed by atoms with E-state index in [1.807, 2.05) is 0 Å². The third-order valence-corrected chi connectivity index (χ3v) is 4.67. The minimum absolute atomic E-state index is 0.131. The monoisotopic (exact) mass is 447 g/mol. The predicted octanol–water partition coefficient (Wildman–Crippen LogP) is 4.25. The fraction of sp³-hybridized carbons (Fsp3) is 0.438. The first-order chi connectivity index (χ1) is 10.9. The second-order valence-electron chi connectivity index (χ2n) is 5.28. The van der Waals surface area contributed by atoms with Gasteiger partial charge in [0.1, 0.15) is 5.82 Å². The van der Waals surface area contributed by atoms with Crippen molar-refractivity contribution in [2.75, 3.05) is 6.61 Å². The fourth-order valence-corrected chi connectivity index (χ4v) is 3.63. The van der Waals surface area contributed by atoms with E-state index in [0.29, 0.717) is 4.47 Å². The van der Waals surface area contributed by atoms with Gasteiger partial charge in [-0.25, -0.2) is 4.39 Å². The highest BCUT2D eigenvalue weighted by molar-refractivity contribution is 9.11. The van der Waals surface area contributed by atoms with E-state index in [0.717, 1.165) is 12.8 Å². The molecule has 1 aromatic rings. The molecule has 0 bridgehead atoms. The average Bonchev–Trinajstić information content (AvgIpc) is 3.29. The number of ether oxygens (including phenoxy) is 1. The minimum atomic E-state index is -1.16. The Morgan fingerprint density at radius 1 is 1.43 bits per heavy atom. The van der Waals surface area contributed by atoms with Crippen LogP contribution in [0.5, 0.6) is 0 Å². The number of halogens is 3. The second kappa shape index (κ2) is 7.66. The number of carbonyl (C=O) groups excluding carboxylic acids is 2. The van der Waals surface area contributed by atoms with Gasteiger partial charge in [-0.15, -0.1) is 0 Å². The van der Waals surface area contributed by atoms with Gasteiger partial charge in [0.2, 0.25) is 0 Å². The van der Waals surface area contributed by atoms with Crippen LogP contribution in [0.3, 0.4) is 0 Å². The number of ketones is 1. The van der Waals surface area contributed by atoms with Crippen LogP contribution >= 0.6 is 31.9 Å². The van der Waals surface area contributed by atoms with Gasteiger partial charge in [0.25, 0.3) is 0 Å². The zero-order valence-corrected chi connectivity index (χ0v) is 15.9. The lowest BCUT2D eigenvalue weighted by atomic mass is 9.95. The van der Waals surface area contributed by atoms with Crippen LogP contribution in [0.4, 0.5) is 4.39 Å². The summed E-state index contributed by atoms with van der Waals surface area (Å²) in [6.45, 7) is 3.32. The number of benzene rings is 1. The number of carbonyl (C=O) groups is 2. The van der Waals surface area contributed by atoms with Crippen LogP contribution in [-0.4, -0.2) is 30.6 Å². The molecule has 23 heavy (non-hydrogen) atoms. The van der Waals surface area contributed by atoms with Crippen molar-refractivity contribution in [3.05, 3.63) is 32.0 Å². The molecule has 0 radical (unpaired) electrons. The SMILES string of the molecule is CCOC(=O)C(C=NC1CC1)C(=O)c1c(Br)cc(Br)c(F)c1C. The average molecular weight is 449 g/mol. The summed E-state index contributed by atoms with van der Waals surface area (Å²) < 4.78 is 19.7. The first-order valence-corrected chi connectivity index (χ1v) is 8.83. The largest absolute Gasteiger partial charge is 0.465 e. The Kier molecular flexibility index (Phi) is 6.08. The van der Waals surface area contributed by atoms with Crippen LogP contribution in [0.25, 0.3) is 0 Å². The van der Waals surface area contributed by atoms with E-state index in [1.165, 1.54) is 19.2 Å². The van der Waals surface area contributed by atoms with E-state index < -0.39 is 23.5 Å². The molecular weight excluding hydrogens is 433 g/mol. The van der Waals surface area contributed by atoms with Crippen molar-refractivity contribution in [2.45, 2.75) is 32.7 Å². The Labute approximate surface area is 150 Å². The molecule has 0 heterocycles. The quantitative estimate of drug-likeness (QED) is 0.215. The lowest BCUT2D eigenvalue weighted by Crippen LogP contribution is -2.29. The van der Waals surface area contributed by atoms with Crippen molar-refractivity contribution in [1.29, 1.82) is 0 Å². The Morgan fingerprint density at radius 2 is 2.09 bits per heavy atom. The van der Waals surface area contributed by atoms with E-state index in [9.17, 15) is 14.0 Å². The van der Waals surface area contributed by atoms with Crippen molar-refractivity contribution >= 4 is 49.8 Å². The third kappa shape index (κ3) is 4.26. The summed E-state index contributed by atoms with van der Waals surface area (Å²) in [5.41, 5.74) is 0.302. The molecule has 1 unspecified atom stereocenters. The summed E-state index contributed by atoms with van der Waals surface area (Å²) in [5, 5.41) is 0. The molecule has 0 amide bonds. The van der Waals surface area contributed by atoms with E-state index in [-0.39, 0.29) is 28.2 Å². The normalized spacial score (nSPS) is 15.7. The van der Waals surface area contributed by atoms with Gasteiger partial charge >= 0.3 is 5.97 Å². The van der Waals surface area contributed by atoms with Crippen molar-refractivity contribution in [3.63, 3.8) is 0 Å². The summed E-state index contributed by atoms with van der Waals surface area (Å²) in [7, 11) is 0. The molecule has 1 aliphatic carbocycles. The Bertz CT molecular complexity index is 672. The molecule has 124 valence electrons. The highest BCUT2D eigenvalue weighted by atomic mass is 79.9. The molecule has 2 rings (SSSR count). The number of esters is 1. The van der Waals surface area contributed by atoms with Crippen LogP contribution in [0, 0.1) is 18.7 Å². The van der Waals surface area contributed by atoms with Gasteiger partial charge in [0, 0.05) is 22.3 Å². The van der Waals surface area contributed by atoms with Crippen LogP contribution < -0.4 is 0 Å². The molecular formula is C16H16Br2FNO3. The molecule has 1 saturated carbocycles. The van der Waals surface area contributed by atoms with Gasteiger partial charge in [0.15, 0.2) is 11.7 Å². The maximum atomic E-state index is 14.1. The molecule has 0 spiro atoms. The first-order valence-electron chi connectivity index (χ1n) is 7.25. The summed E-state index contributed by atoms with van der Waals surface area (Å²) in [6, 6.07) is 1.63. The van der Waals surface area contributed by atoms with Gasteiger partial charge in [-0.05, 0) is 70.2 Å². The fourth-order valence-electron chi connectivity index (χ4n) is 2.07. The van der Waals surface area contributed by atoms with Crippen molar-refractivity contribution < 1.29 is 18.7 Å². The third-order valence-electron chi connectivity index (χ3n) is 3.47. The topological polar surface area (TPSA) is 55.7 Å².